The van der Waals surface area contributed by atoms with E-state index in [1.807, 2.05) is 6.07 Å². The molecule has 0 aliphatic carbocycles. The minimum atomic E-state index is -0.363. The van der Waals surface area contributed by atoms with Crippen molar-refractivity contribution in [1.29, 1.82) is 5.26 Å². The molecule has 2 aromatic rings. The molecule has 2 aromatic heterocycles. The Hall–Kier alpha value is -2.72. The zero-order valence-corrected chi connectivity index (χ0v) is 10.9. The van der Waals surface area contributed by atoms with E-state index in [0.717, 1.165) is 11.8 Å². The summed E-state index contributed by atoms with van der Waals surface area (Å²) >= 11 is 1.11. The van der Waals surface area contributed by atoms with Gasteiger partial charge in [0.15, 0.2) is 5.17 Å². The molecule has 1 aliphatic rings. The molecule has 0 atom stereocenters. The molecule has 96 valence electrons. The van der Waals surface area contributed by atoms with Crippen molar-refractivity contribution in [1.82, 2.24) is 9.97 Å². The van der Waals surface area contributed by atoms with Gasteiger partial charge in [-0.25, -0.2) is 4.98 Å². The van der Waals surface area contributed by atoms with Crippen LogP contribution >= 0.6 is 11.8 Å². The van der Waals surface area contributed by atoms with Crippen molar-refractivity contribution in [2.45, 2.75) is 0 Å². The number of hydrogen-bond acceptors (Lipinski definition) is 6. The van der Waals surface area contributed by atoms with Gasteiger partial charge in [-0.15, -0.1) is 0 Å². The SMILES string of the molecule is N#Cc1cnc2ccc(/C=C3/SC(N)=NC3=O)nc2c1. The minimum Gasteiger partial charge on any atom is -0.378 e. The molecule has 0 bridgehead atoms. The van der Waals surface area contributed by atoms with Crippen LogP contribution in [0, 0.1) is 11.3 Å². The number of carbonyl (C=O) groups excluding carboxylic acids is 1. The smallest absolute Gasteiger partial charge is 0.286 e. The second kappa shape index (κ2) is 4.75. The molecule has 2 N–H and O–H groups in total. The predicted molar refractivity (Wildman–Crippen MR) is 76.5 cm³/mol. The summed E-state index contributed by atoms with van der Waals surface area (Å²) in [5, 5.41) is 9.09. The Labute approximate surface area is 118 Å². The lowest BCUT2D eigenvalue weighted by atomic mass is 10.2. The van der Waals surface area contributed by atoms with Crippen LogP contribution in [0.25, 0.3) is 17.1 Å². The van der Waals surface area contributed by atoms with Crippen molar-refractivity contribution >= 4 is 39.9 Å². The number of nitriles is 1. The summed E-state index contributed by atoms with van der Waals surface area (Å²) in [7, 11) is 0. The molecule has 0 saturated carbocycles. The molecule has 0 fully saturated rings. The van der Waals surface area contributed by atoms with Gasteiger partial charge >= 0.3 is 0 Å². The minimum absolute atomic E-state index is 0.232. The van der Waals surface area contributed by atoms with Gasteiger partial charge in [-0.05, 0) is 36.0 Å². The molecule has 0 aromatic carbocycles. The molecule has 0 radical (unpaired) electrons. The predicted octanol–water partition coefficient (Wildman–Crippen LogP) is 1.43. The third-order valence-electron chi connectivity index (χ3n) is 2.60. The standard InChI is InChI=1S/C13H7N5OS/c14-5-7-3-10-9(16-6-7)2-1-8(17-10)4-11-12(19)18-13(15)20-11/h1-4,6H,(H2,15,18,19)/b11-4+. The molecule has 0 saturated heterocycles. The normalized spacial score (nSPS) is 16.4. The summed E-state index contributed by atoms with van der Waals surface area (Å²) in [4.78, 5) is 24.1. The third-order valence-corrected chi connectivity index (χ3v) is 3.42. The maximum atomic E-state index is 11.5. The van der Waals surface area contributed by atoms with E-state index in [-0.39, 0.29) is 11.1 Å². The van der Waals surface area contributed by atoms with Gasteiger partial charge in [0.05, 0.1) is 27.2 Å². The first-order valence-corrected chi connectivity index (χ1v) is 6.42. The van der Waals surface area contributed by atoms with Gasteiger partial charge in [0, 0.05) is 6.20 Å². The van der Waals surface area contributed by atoms with Crippen molar-refractivity contribution < 1.29 is 4.79 Å². The van der Waals surface area contributed by atoms with E-state index >= 15 is 0 Å². The van der Waals surface area contributed by atoms with Crippen LogP contribution in [0.5, 0.6) is 0 Å². The Kier molecular flexibility index (Phi) is 2.93. The van der Waals surface area contributed by atoms with E-state index < -0.39 is 0 Å². The Balaban J connectivity index is 2.03. The highest BCUT2D eigenvalue weighted by atomic mass is 32.2. The van der Waals surface area contributed by atoms with Crippen molar-refractivity contribution in [3.05, 3.63) is 40.6 Å². The molecule has 3 heterocycles. The Bertz CT molecular complexity index is 834. The number of amidine groups is 1. The fourth-order valence-corrected chi connectivity index (χ4v) is 2.39. The maximum Gasteiger partial charge on any atom is 0.286 e. The van der Waals surface area contributed by atoms with Crippen molar-refractivity contribution in [3.63, 3.8) is 0 Å². The number of rotatable bonds is 1. The number of aliphatic imine (C=N–C) groups is 1. The molecular formula is C13H7N5OS. The number of aromatic nitrogens is 2. The molecule has 0 unspecified atom stereocenters. The molecular weight excluding hydrogens is 274 g/mol. The summed E-state index contributed by atoms with van der Waals surface area (Å²) in [6, 6.07) is 7.19. The van der Waals surface area contributed by atoms with Crippen LogP contribution in [0.3, 0.4) is 0 Å². The van der Waals surface area contributed by atoms with E-state index in [0.29, 0.717) is 27.2 Å². The number of nitrogens with zero attached hydrogens (tertiary/aromatic N) is 4. The maximum absolute atomic E-state index is 11.5. The number of carbonyl (C=O) groups is 1. The largest absolute Gasteiger partial charge is 0.378 e. The molecule has 1 amide bonds. The highest BCUT2D eigenvalue weighted by Crippen LogP contribution is 2.26. The molecule has 3 rings (SSSR count). The second-order valence-corrected chi connectivity index (χ2v) is 5.04. The number of thioether (sulfide) groups is 1. The van der Waals surface area contributed by atoms with Crippen LogP contribution in [0.2, 0.25) is 0 Å². The van der Waals surface area contributed by atoms with Crippen LogP contribution < -0.4 is 5.73 Å². The number of amides is 1. The summed E-state index contributed by atoms with van der Waals surface area (Å²) in [5.41, 5.74) is 7.80. The molecule has 7 heteroatoms. The first kappa shape index (κ1) is 12.3. The highest BCUT2D eigenvalue weighted by molar-refractivity contribution is 8.18. The highest BCUT2D eigenvalue weighted by Gasteiger charge is 2.19. The van der Waals surface area contributed by atoms with Crippen LogP contribution in [0.15, 0.2) is 34.3 Å². The van der Waals surface area contributed by atoms with Gasteiger partial charge in [-0.2, -0.15) is 10.3 Å². The average Bonchev–Trinajstić information content (AvgIpc) is 2.76. The van der Waals surface area contributed by atoms with Crippen LogP contribution in [0.4, 0.5) is 0 Å². The van der Waals surface area contributed by atoms with Crippen molar-refractivity contribution in [2.24, 2.45) is 10.7 Å². The Morgan fingerprint density at radius 3 is 2.90 bits per heavy atom. The van der Waals surface area contributed by atoms with E-state index in [4.69, 9.17) is 11.0 Å². The molecule has 20 heavy (non-hydrogen) atoms. The molecule has 1 aliphatic heterocycles. The lowest BCUT2D eigenvalue weighted by Gasteiger charge is -1.99. The molecule has 0 spiro atoms. The summed E-state index contributed by atoms with van der Waals surface area (Å²) < 4.78 is 0. The third kappa shape index (κ3) is 2.24. The number of nitrogens with two attached hydrogens (primary N) is 1. The first-order chi connectivity index (χ1) is 9.65. The summed E-state index contributed by atoms with van der Waals surface area (Å²) in [6.45, 7) is 0. The number of pyridine rings is 2. The average molecular weight is 281 g/mol. The van der Waals surface area contributed by atoms with E-state index in [9.17, 15) is 4.79 Å². The van der Waals surface area contributed by atoms with Gasteiger partial charge in [-0.1, -0.05) is 0 Å². The number of fused-ring (bicyclic) bond motifs is 1. The van der Waals surface area contributed by atoms with Gasteiger partial charge in [-0.3, -0.25) is 9.78 Å². The fourth-order valence-electron chi connectivity index (χ4n) is 1.72. The fraction of sp³-hybridized carbons (Fsp3) is 0. The van der Waals surface area contributed by atoms with E-state index in [2.05, 4.69) is 15.0 Å². The van der Waals surface area contributed by atoms with Crippen LogP contribution in [0.1, 0.15) is 11.3 Å². The summed E-state index contributed by atoms with van der Waals surface area (Å²) in [6.07, 6.45) is 3.11. The van der Waals surface area contributed by atoms with E-state index in [1.165, 1.54) is 6.20 Å². The Morgan fingerprint density at radius 1 is 1.35 bits per heavy atom. The lowest BCUT2D eigenvalue weighted by Crippen LogP contribution is -2.01. The monoisotopic (exact) mass is 281 g/mol. The van der Waals surface area contributed by atoms with Gasteiger partial charge in [0.1, 0.15) is 6.07 Å². The topological polar surface area (TPSA) is 105 Å². The van der Waals surface area contributed by atoms with E-state index in [1.54, 1.807) is 24.3 Å². The summed E-state index contributed by atoms with van der Waals surface area (Å²) in [5.74, 6) is -0.363. The van der Waals surface area contributed by atoms with Crippen LogP contribution in [-0.4, -0.2) is 21.0 Å². The second-order valence-electron chi connectivity index (χ2n) is 3.98. The molecule has 6 nitrogen and oxygen atoms in total. The zero-order chi connectivity index (χ0) is 14.1. The zero-order valence-electron chi connectivity index (χ0n) is 10.1. The quantitative estimate of drug-likeness (QED) is 0.793. The lowest BCUT2D eigenvalue weighted by molar-refractivity contribution is -0.113. The first-order valence-electron chi connectivity index (χ1n) is 5.60. The Morgan fingerprint density at radius 2 is 2.20 bits per heavy atom. The van der Waals surface area contributed by atoms with Gasteiger partial charge < -0.3 is 5.73 Å². The van der Waals surface area contributed by atoms with Crippen LogP contribution in [-0.2, 0) is 4.79 Å². The van der Waals surface area contributed by atoms with Gasteiger partial charge in [0.25, 0.3) is 5.91 Å². The number of hydrogen-bond donors (Lipinski definition) is 1. The van der Waals surface area contributed by atoms with Gasteiger partial charge in [0.2, 0.25) is 0 Å². The van der Waals surface area contributed by atoms with Crippen molar-refractivity contribution in [3.8, 4) is 6.07 Å². The van der Waals surface area contributed by atoms with Crippen molar-refractivity contribution in [2.75, 3.05) is 0 Å².